The molecule has 0 fully saturated rings. The van der Waals surface area contributed by atoms with Crippen LogP contribution in [0.2, 0.25) is 5.02 Å². The Morgan fingerprint density at radius 2 is 1.91 bits per heavy atom. The molecule has 0 saturated carbocycles. The van der Waals surface area contributed by atoms with Crippen molar-refractivity contribution in [1.82, 2.24) is 9.55 Å². The van der Waals surface area contributed by atoms with E-state index in [-0.39, 0.29) is 18.0 Å². The number of halogens is 1. The van der Waals surface area contributed by atoms with Crippen LogP contribution < -0.4 is 20.3 Å². The summed E-state index contributed by atoms with van der Waals surface area (Å²) in [5.41, 5.74) is 1.85. The second-order valence-electron chi connectivity index (χ2n) is 7.01. The SMILES string of the molecule is COc1ccc(OC)c(NC(=O)Cn2cnc3sc(C)c(-c4ccc(Cl)cc4)c3c2=O)c1. The van der Waals surface area contributed by atoms with Gasteiger partial charge in [0, 0.05) is 21.5 Å². The molecule has 1 N–H and O–H groups in total. The van der Waals surface area contributed by atoms with Gasteiger partial charge in [-0.3, -0.25) is 14.2 Å². The Balaban J connectivity index is 1.68. The number of methoxy groups -OCH3 is 2. The number of carbonyl (C=O) groups excluding carboxylic acids is 1. The van der Waals surface area contributed by atoms with Crippen LogP contribution in [0.15, 0.2) is 53.6 Å². The molecule has 0 aliphatic heterocycles. The number of amides is 1. The van der Waals surface area contributed by atoms with Gasteiger partial charge in [-0.25, -0.2) is 4.98 Å². The van der Waals surface area contributed by atoms with Crippen LogP contribution in [0, 0.1) is 6.92 Å². The third kappa shape index (κ3) is 4.19. The van der Waals surface area contributed by atoms with Crippen LogP contribution in [0.25, 0.3) is 21.3 Å². The first kappa shape index (κ1) is 21.9. The van der Waals surface area contributed by atoms with Crippen molar-refractivity contribution < 1.29 is 14.3 Å². The van der Waals surface area contributed by atoms with Gasteiger partial charge in [-0.2, -0.15) is 0 Å². The van der Waals surface area contributed by atoms with E-state index >= 15 is 0 Å². The zero-order valence-electron chi connectivity index (χ0n) is 17.6. The van der Waals surface area contributed by atoms with Gasteiger partial charge < -0.3 is 14.8 Å². The number of carbonyl (C=O) groups is 1. The van der Waals surface area contributed by atoms with E-state index < -0.39 is 0 Å². The van der Waals surface area contributed by atoms with Crippen molar-refractivity contribution >= 4 is 44.7 Å². The molecular formula is C23H20ClN3O4S. The van der Waals surface area contributed by atoms with Crippen LogP contribution in [0.5, 0.6) is 11.5 Å². The molecular weight excluding hydrogens is 450 g/mol. The number of ether oxygens (including phenoxy) is 2. The van der Waals surface area contributed by atoms with Crippen LogP contribution in [-0.2, 0) is 11.3 Å². The van der Waals surface area contributed by atoms with Crippen molar-refractivity contribution in [1.29, 1.82) is 0 Å². The van der Waals surface area contributed by atoms with Gasteiger partial charge in [0.2, 0.25) is 5.91 Å². The summed E-state index contributed by atoms with van der Waals surface area (Å²) >= 11 is 7.46. The summed E-state index contributed by atoms with van der Waals surface area (Å²) in [6.07, 6.45) is 1.40. The predicted molar refractivity (Wildman–Crippen MR) is 127 cm³/mol. The summed E-state index contributed by atoms with van der Waals surface area (Å²) in [7, 11) is 3.05. The summed E-state index contributed by atoms with van der Waals surface area (Å²) < 4.78 is 11.8. The molecule has 2 aromatic carbocycles. The first-order chi connectivity index (χ1) is 15.4. The van der Waals surface area contributed by atoms with Crippen molar-refractivity contribution in [2.45, 2.75) is 13.5 Å². The van der Waals surface area contributed by atoms with Crippen LogP contribution in [0.1, 0.15) is 4.88 Å². The minimum atomic E-state index is -0.389. The second-order valence-corrected chi connectivity index (χ2v) is 8.65. The summed E-state index contributed by atoms with van der Waals surface area (Å²) in [4.78, 5) is 32.0. The highest BCUT2D eigenvalue weighted by Crippen LogP contribution is 2.36. The number of fused-ring (bicyclic) bond motifs is 1. The molecule has 0 aliphatic rings. The highest BCUT2D eigenvalue weighted by Gasteiger charge is 2.18. The smallest absolute Gasteiger partial charge is 0.263 e. The Morgan fingerprint density at radius 1 is 1.16 bits per heavy atom. The van der Waals surface area contributed by atoms with Crippen molar-refractivity contribution in [2.75, 3.05) is 19.5 Å². The Bertz CT molecular complexity index is 1360. The molecule has 0 spiro atoms. The molecule has 0 bridgehead atoms. The van der Waals surface area contributed by atoms with Crippen LogP contribution in [-0.4, -0.2) is 29.7 Å². The minimum Gasteiger partial charge on any atom is -0.497 e. The maximum absolute atomic E-state index is 13.3. The number of anilines is 1. The molecule has 2 heterocycles. The Hall–Kier alpha value is -3.36. The van der Waals surface area contributed by atoms with Crippen molar-refractivity contribution in [3.8, 4) is 22.6 Å². The van der Waals surface area contributed by atoms with Gasteiger partial charge in [-0.15, -0.1) is 11.3 Å². The lowest BCUT2D eigenvalue weighted by Gasteiger charge is -2.12. The first-order valence-corrected chi connectivity index (χ1v) is 10.9. The lowest BCUT2D eigenvalue weighted by atomic mass is 10.0. The lowest BCUT2D eigenvalue weighted by Crippen LogP contribution is -2.28. The topological polar surface area (TPSA) is 82.4 Å². The summed E-state index contributed by atoms with van der Waals surface area (Å²) in [5, 5.41) is 3.88. The number of aromatic nitrogens is 2. The van der Waals surface area contributed by atoms with E-state index in [4.69, 9.17) is 21.1 Å². The molecule has 0 atom stereocenters. The van der Waals surface area contributed by atoms with E-state index in [2.05, 4.69) is 10.3 Å². The Morgan fingerprint density at radius 3 is 2.59 bits per heavy atom. The van der Waals surface area contributed by atoms with E-state index in [9.17, 15) is 9.59 Å². The highest BCUT2D eigenvalue weighted by atomic mass is 35.5. The fraction of sp³-hybridized carbons (Fsp3) is 0.174. The number of thiophene rings is 1. The van der Waals surface area contributed by atoms with Crippen molar-refractivity contribution in [3.63, 3.8) is 0 Å². The zero-order chi connectivity index (χ0) is 22.8. The fourth-order valence-corrected chi connectivity index (χ4v) is 4.60. The van der Waals surface area contributed by atoms with E-state index in [1.54, 1.807) is 30.3 Å². The van der Waals surface area contributed by atoms with Gasteiger partial charge in [0.1, 0.15) is 22.9 Å². The van der Waals surface area contributed by atoms with Gasteiger partial charge in [0.25, 0.3) is 5.56 Å². The Kier molecular flexibility index (Phi) is 6.16. The number of aryl methyl sites for hydroxylation is 1. The van der Waals surface area contributed by atoms with Crippen LogP contribution >= 0.6 is 22.9 Å². The molecule has 0 aliphatic carbocycles. The molecule has 0 saturated heterocycles. The van der Waals surface area contributed by atoms with E-state index in [0.29, 0.717) is 32.4 Å². The third-order valence-corrected chi connectivity index (χ3v) is 6.25. The Labute approximate surface area is 193 Å². The summed E-state index contributed by atoms with van der Waals surface area (Å²) in [6.45, 7) is 1.75. The average Bonchev–Trinajstić information content (AvgIpc) is 3.13. The highest BCUT2D eigenvalue weighted by molar-refractivity contribution is 7.19. The molecule has 164 valence electrons. The quantitative estimate of drug-likeness (QED) is 0.441. The zero-order valence-corrected chi connectivity index (χ0v) is 19.2. The average molecular weight is 470 g/mol. The molecule has 9 heteroatoms. The fourth-order valence-electron chi connectivity index (χ4n) is 3.47. The lowest BCUT2D eigenvalue weighted by molar-refractivity contribution is -0.116. The summed E-state index contributed by atoms with van der Waals surface area (Å²) in [5.74, 6) is 0.668. The molecule has 0 unspecified atom stereocenters. The normalized spacial score (nSPS) is 10.9. The number of hydrogen-bond donors (Lipinski definition) is 1. The third-order valence-electron chi connectivity index (χ3n) is 4.98. The number of rotatable bonds is 6. The maximum atomic E-state index is 13.3. The summed E-state index contributed by atoms with van der Waals surface area (Å²) in [6, 6.07) is 12.4. The van der Waals surface area contributed by atoms with E-state index in [1.165, 1.54) is 36.5 Å². The molecule has 7 nitrogen and oxygen atoms in total. The minimum absolute atomic E-state index is 0.197. The molecule has 4 aromatic rings. The second kappa shape index (κ2) is 9.02. The number of hydrogen-bond acceptors (Lipinski definition) is 6. The largest absolute Gasteiger partial charge is 0.497 e. The van der Waals surface area contributed by atoms with Gasteiger partial charge in [-0.1, -0.05) is 23.7 Å². The molecule has 32 heavy (non-hydrogen) atoms. The van der Waals surface area contributed by atoms with Gasteiger partial charge in [0.15, 0.2) is 0 Å². The molecule has 1 amide bonds. The number of nitrogens with one attached hydrogen (secondary N) is 1. The molecule has 2 aromatic heterocycles. The van der Waals surface area contributed by atoms with Crippen LogP contribution in [0.3, 0.4) is 0 Å². The van der Waals surface area contributed by atoms with E-state index in [0.717, 1.165) is 16.0 Å². The van der Waals surface area contributed by atoms with Crippen molar-refractivity contribution in [2.24, 2.45) is 0 Å². The molecule has 4 rings (SSSR count). The maximum Gasteiger partial charge on any atom is 0.263 e. The number of benzene rings is 2. The van der Waals surface area contributed by atoms with Crippen LogP contribution in [0.4, 0.5) is 5.69 Å². The standard InChI is InChI=1S/C23H20ClN3O4S/c1-13-20(14-4-6-15(24)7-5-14)21-22(32-13)25-12-27(23(21)29)11-19(28)26-17-10-16(30-2)8-9-18(17)31-3/h4-10,12H,11H2,1-3H3,(H,26,28). The van der Waals surface area contributed by atoms with Gasteiger partial charge >= 0.3 is 0 Å². The predicted octanol–water partition coefficient (Wildman–Crippen LogP) is 4.74. The van der Waals surface area contributed by atoms with Gasteiger partial charge in [-0.05, 0) is 36.8 Å². The van der Waals surface area contributed by atoms with E-state index in [1.807, 2.05) is 19.1 Å². The molecule has 0 radical (unpaired) electrons. The monoisotopic (exact) mass is 469 g/mol. The number of nitrogens with zero attached hydrogens (tertiary/aromatic N) is 2. The first-order valence-electron chi connectivity index (χ1n) is 9.67. The van der Waals surface area contributed by atoms with Crippen molar-refractivity contribution in [3.05, 3.63) is 69.0 Å². The van der Waals surface area contributed by atoms with Gasteiger partial charge in [0.05, 0.1) is 31.6 Å².